The molecule has 2 aromatic carbocycles. The second kappa shape index (κ2) is 6.57. The maximum Gasteiger partial charge on any atom is 0.212 e. The third-order valence-electron chi connectivity index (χ3n) is 4.72. The molecule has 5 heteroatoms. The molecular formula is C21H21N2O2S+. The highest BCUT2D eigenvalue weighted by atomic mass is 32.2. The van der Waals surface area contributed by atoms with Gasteiger partial charge in [-0.3, -0.25) is 0 Å². The van der Waals surface area contributed by atoms with E-state index >= 15 is 0 Å². The number of aromatic nitrogens is 1. The Morgan fingerprint density at radius 1 is 1.04 bits per heavy atom. The summed E-state index contributed by atoms with van der Waals surface area (Å²) >= 11 is 1.75. The molecule has 0 atom stereocenters. The summed E-state index contributed by atoms with van der Waals surface area (Å²) in [6, 6.07) is 14.7. The zero-order valence-corrected chi connectivity index (χ0v) is 16.1. The van der Waals surface area contributed by atoms with Crippen LogP contribution in [0, 0.1) is 0 Å². The van der Waals surface area contributed by atoms with Crippen molar-refractivity contribution < 1.29 is 14.0 Å². The minimum absolute atomic E-state index is 0.747. The van der Waals surface area contributed by atoms with Gasteiger partial charge in [0.25, 0.3) is 0 Å². The van der Waals surface area contributed by atoms with Gasteiger partial charge in [0.1, 0.15) is 7.05 Å². The van der Waals surface area contributed by atoms with Gasteiger partial charge in [0.15, 0.2) is 17.7 Å². The summed E-state index contributed by atoms with van der Waals surface area (Å²) in [5, 5.41) is 2.42. The molecule has 0 bridgehead atoms. The number of fused-ring (bicyclic) bond motifs is 2. The molecule has 0 saturated heterocycles. The molecule has 1 aromatic heterocycles. The fourth-order valence-corrected chi connectivity index (χ4v) is 4.38. The van der Waals surface area contributed by atoms with Crippen LogP contribution in [-0.2, 0) is 7.05 Å². The van der Waals surface area contributed by atoms with E-state index in [2.05, 4.69) is 66.2 Å². The molecule has 2 heterocycles. The lowest BCUT2D eigenvalue weighted by atomic mass is 10.1. The van der Waals surface area contributed by atoms with Gasteiger partial charge in [-0.25, -0.2) is 4.57 Å². The Hall–Kier alpha value is -2.66. The standard InChI is InChI=1S/C21H21N2O2S/c1-22-10-9-14(15-7-5-6-8-16(15)22)11-21-23(2)17-12-18(24-3)19(25-4)13-20(17)26-21/h5-13H,1-4H3/q+1. The van der Waals surface area contributed by atoms with Crippen molar-refractivity contribution in [1.29, 1.82) is 0 Å². The molecule has 132 valence electrons. The summed E-state index contributed by atoms with van der Waals surface area (Å²) in [6.45, 7) is 0. The monoisotopic (exact) mass is 365 g/mol. The van der Waals surface area contributed by atoms with Crippen molar-refractivity contribution >= 4 is 34.4 Å². The smallest absolute Gasteiger partial charge is 0.212 e. The number of pyridine rings is 1. The number of methoxy groups -OCH3 is 2. The number of aryl methyl sites for hydroxylation is 1. The van der Waals surface area contributed by atoms with Gasteiger partial charge < -0.3 is 14.4 Å². The van der Waals surface area contributed by atoms with E-state index in [9.17, 15) is 0 Å². The van der Waals surface area contributed by atoms with Crippen LogP contribution in [0.25, 0.3) is 17.0 Å². The quantitative estimate of drug-likeness (QED) is 0.649. The van der Waals surface area contributed by atoms with Crippen molar-refractivity contribution in [3.05, 3.63) is 59.3 Å². The number of nitrogens with zero attached hydrogens (tertiary/aromatic N) is 2. The van der Waals surface area contributed by atoms with E-state index in [4.69, 9.17) is 9.47 Å². The molecule has 4 nitrogen and oxygen atoms in total. The second-order valence-corrected chi connectivity index (χ2v) is 7.28. The number of rotatable bonds is 3. The van der Waals surface area contributed by atoms with Crippen LogP contribution in [0.4, 0.5) is 5.69 Å². The molecule has 1 aliphatic heterocycles. The van der Waals surface area contributed by atoms with Crippen LogP contribution >= 0.6 is 11.8 Å². The summed E-state index contributed by atoms with van der Waals surface area (Å²) in [5.41, 5.74) is 3.55. The van der Waals surface area contributed by atoms with Crippen LogP contribution < -0.4 is 18.9 Å². The number of thioether (sulfide) groups is 1. The summed E-state index contributed by atoms with van der Waals surface area (Å²) in [7, 11) is 7.49. The molecule has 3 aromatic rings. The van der Waals surface area contributed by atoms with Gasteiger partial charge in [0.05, 0.1) is 30.3 Å². The van der Waals surface area contributed by atoms with E-state index in [1.54, 1.807) is 26.0 Å². The first-order valence-electron chi connectivity index (χ1n) is 8.39. The third kappa shape index (κ3) is 2.69. The SMILES string of the molecule is COc1cc2c(cc1OC)N(C)/C(=C/c1cc[n+](C)c3ccccc13)S2. The van der Waals surface area contributed by atoms with E-state index in [0.717, 1.165) is 17.2 Å². The minimum Gasteiger partial charge on any atom is -0.493 e. The molecule has 0 amide bonds. The first-order valence-corrected chi connectivity index (χ1v) is 9.20. The lowest BCUT2D eigenvalue weighted by Crippen LogP contribution is -2.28. The first-order chi connectivity index (χ1) is 12.6. The maximum absolute atomic E-state index is 5.45. The van der Waals surface area contributed by atoms with Crippen LogP contribution in [0.5, 0.6) is 11.5 Å². The Kier molecular flexibility index (Phi) is 4.24. The Morgan fingerprint density at radius 2 is 1.77 bits per heavy atom. The van der Waals surface area contributed by atoms with E-state index in [0.29, 0.717) is 0 Å². The van der Waals surface area contributed by atoms with Gasteiger partial charge in [-0.15, -0.1) is 0 Å². The van der Waals surface area contributed by atoms with Gasteiger partial charge in [-0.05, 0) is 17.7 Å². The molecule has 0 fully saturated rings. The summed E-state index contributed by atoms with van der Waals surface area (Å²) in [6.07, 6.45) is 4.35. The third-order valence-corrected chi connectivity index (χ3v) is 5.87. The number of hydrogen-bond donors (Lipinski definition) is 0. The maximum atomic E-state index is 5.45. The predicted molar refractivity (Wildman–Crippen MR) is 107 cm³/mol. The largest absolute Gasteiger partial charge is 0.493 e. The summed E-state index contributed by atoms with van der Waals surface area (Å²) < 4.78 is 13.0. The van der Waals surface area contributed by atoms with Gasteiger partial charge >= 0.3 is 0 Å². The highest BCUT2D eigenvalue weighted by Gasteiger charge is 2.25. The minimum atomic E-state index is 0.747. The average molecular weight is 365 g/mol. The molecule has 0 aliphatic carbocycles. The van der Waals surface area contributed by atoms with Crippen LogP contribution in [-0.4, -0.2) is 21.3 Å². The van der Waals surface area contributed by atoms with Gasteiger partial charge in [0.2, 0.25) is 5.52 Å². The van der Waals surface area contributed by atoms with Crippen molar-refractivity contribution in [3.8, 4) is 11.5 Å². The molecule has 0 unspecified atom stereocenters. The Bertz CT molecular complexity index is 1030. The van der Waals surface area contributed by atoms with E-state index in [-0.39, 0.29) is 0 Å². The lowest BCUT2D eigenvalue weighted by Gasteiger charge is -2.15. The van der Waals surface area contributed by atoms with Crippen molar-refractivity contribution in [2.75, 3.05) is 26.2 Å². The highest BCUT2D eigenvalue weighted by Crippen LogP contribution is 2.50. The molecular weight excluding hydrogens is 344 g/mol. The van der Waals surface area contributed by atoms with Crippen LogP contribution in [0.3, 0.4) is 0 Å². The fourth-order valence-electron chi connectivity index (χ4n) is 3.27. The van der Waals surface area contributed by atoms with E-state index < -0.39 is 0 Å². The molecule has 0 spiro atoms. The Balaban J connectivity index is 1.79. The van der Waals surface area contributed by atoms with Crippen LogP contribution in [0.2, 0.25) is 0 Å². The molecule has 0 saturated carbocycles. The molecule has 26 heavy (non-hydrogen) atoms. The number of hydrogen-bond acceptors (Lipinski definition) is 4. The second-order valence-electron chi connectivity index (χ2n) is 6.22. The van der Waals surface area contributed by atoms with E-state index in [1.807, 2.05) is 12.1 Å². The number of anilines is 1. The van der Waals surface area contributed by atoms with Gasteiger partial charge in [-0.2, -0.15) is 0 Å². The zero-order valence-electron chi connectivity index (χ0n) is 15.3. The molecule has 1 aliphatic rings. The first kappa shape index (κ1) is 16.8. The van der Waals surface area contributed by atoms with Crippen molar-refractivity contribution in [3.63, 3.8) is 0 Å². The summed E-state index contributed by atoms with van der Waals surface area (Å²) in [4.78, 5) is 3.37. The molecule has 4 rings (SSSR count). The fraction of sp³-hybridized carbons (Fsp3) is 0.190. The predicted octanol–water partition coefficient (Wildman–Crippen LogP) is 4.22. The van der Waals surface area contributed by atoms with Crippen molar-refractivity contribution in [2.45, 2.75) is 4.90 Å². The molecule has 0 radical (unpaired) electrons. The van der Waals surface area contributed by atoms with Crippen molar-refractivity contribution in [1.82, 2.24) is 0 Å². The topological polar surface area (TPSA) is 25.6 Å². The highest BCUT2D eigenvalue weighted by molar-refractivity contribution is 8.03. The van der Waals surface area contributed by atoms with Crippen molar-refractivity contribution in [2.24, 2.45) is 7.05 Å². The van der Waals surface area contributed by atoms with Crippen LogP contribution in [0.15, 0.2) is 58.6 Å². The number of para-hydroxylation sites is 1. The number of ether oxygens (including phenoxy) is 2. The summed E-state index contributed by atoms with van der Waals surface area (Å²) in [5.74, 6) is 1.50. The van der Waals surface area contributed by atoms with Gasteiger partial charge in [0, 0.05) is 36.2 Å². The normalized spacial score (nSPS) is 14.8. The zero-order chi connectivity index (χ0) is 18.3. The van der Waals surface area contributed by atoms with Crippen LogP contribution in [0.1, 0.15) is 5.56 Å². The van der Waals surface area contributed by atoms with E-state index in [1.165, 1.54) is 26.4 Å². The lowest BCUT2D eigenvalue weighted by molar-refractivity contribution is -0.644. The average Bonchev–Trinajstić information content (AvgIpc) is 2.98. The Labute approximate surface area is 157 Å². The molecule has 0 N–H and O–H groups in total. The Morgan fingerprint density at radius 3 is 2.54 bits per heavy atom. The van der Waals surface area contributed by atoms with Gasteiger partial charge in [-0.1, -0.05) is 23.9 Å². The number of benzene rings is 2.